The average Bonchev–Trinajstić information content (AvgIpc) is 2.58. The molecule has 0 aliphatic heterocycles. The highest BCUT2D eigenvalue weighted by Crippen LogP contribution is 1.99. The Balaban J connectivity index is 2.14. The fourth-order valence-corrected chi connectivity index (χ4v) is 1.53. The van der Waals surface area contributed by atoms with Gasteiger partial charge >= 0.3 is 0 Å². The van der Waals surface area contributed by atoms with Crippen LogP contribution >= 0.6 is 0 Å². The van der Waals surface area contributed by atoms with E-state index >= 15 is 0 Å². The fraction of sp³-hybridized carbons (Fsp3) is 0.778. The molecule has 1 aromatic heterocycles. The predicted molar refractivity (Wildman–Crippen MR) is 58.9 cm³/mol. The van der Waals surface area contributed by atoms with Gasteiger partial charge in [0.15, 0.2) is 0 Å². The van der Waals surface area contributed by atoms with Crippen molar-refractivity contribution in [2.45, 2.75) is 32.1 Å². The predicted octanol–water partition coefficient (Wildman–Crippen LogP) is 0.625. The molecule has 1 aromatic rings. The van der Waals surface area contributed by atoms with Gasteiger partial charge in [0.25, 0.3) is 0 Å². The van der Waals surface area contributed by atoms with Crippen molar-refractivity contribution in [2.24, 2.45) is 0 Å². The van der Waals surface area contributed by atoms with E-state index < -0.39 is 10.8 Å². The van der Waals surface area contributed by atoms with E-state index in [-0.39, 0.29) is 5.25 Å². The standard InChI is InChI=1S/C9H17N3O2S/c1-7(15(3)13)4-5-10-6-9-12-11-8(2)14-9/h7,10H,4-6H2,1-3H3. The maximum Gasteiger partial charge on any atom is 0.230 e. The van der Waals surface area contributed by atoms with E-state index in [1.807, 2.05) is 6.92 Å². The third-order valence-corrected chi connectivity index (χ3v) is 3.51. The molecule has 0 aromatic carbocycles. The van der Waals surface area contributed by atoms with Gasteiger partial charge in [-0.3, -0.25) is 4.21 Å². The summed E-state index contributed by atoms with van der Waals surface area (Å²) in [6.45, 7) is 5.12. The molecule has 5 nitrogen and oxygen atoms in total. The van der Waals surface area contributed by atoms with E-state index in [9.17, 15) is 4.21 Å². The van der Waals surface area contributed by atoms with E-state index in [0.717, 1.165) is 13.0 Å². The average molecular weight is 231 g/mol. The zero-order valence-corrected chi connectivity index (χ0v) is 10.1. The molecule has 15 heavy (non-hydrogen) atoms. The summed E-state index contributed by atoms with van der Waals surface area (Å²) in [5.74, 6) is 1.17. The molecule has 0 radical (unpaired) electrons. The van der Waals surface area contributed by atoms with Crippen LogP contribution in [0.3, 0.4) is 0 Å². The van der Waals surface area contributed by atoms with Crippen LogP contribution in [0.1, 0.15) is 25.1 Å². The molecule has 0 aliphatic carbocycles. The monoisotopic (exact) mass is 231 g/mol. The topological polar surface area (TPSA) is 68.0 Å². The minimum Gasteiger partial charge on any atom is -0.424 e. The maximum atomic E-state index is 11.1. The normalized spacial score (nSPS) is 15.1. The smallest absolute Gasteiger partial charge is 0.230 e. The maximum absolute atomic E-state index is 11.1. The lowest BCUT2D eigenvalue weighted by Crippen LogP contribution is -2.21. The first-order chi connectivity index (χ1) is 7.09. The van der Waals surface area contributed by atoms with E-state index in [1.165, 1.54) is 0 Å². The zero-order valence-electron chi connectivity index (χ0n) is 9.32. The van der Waals surface area contributed by atoms with Gasteiger partial charge in [-0.05, 0) is 13.0 Å². The molecular weight excluding hydrogens is 214 g/mol. The Hall–Kier alpha value is -0.750. The summed E-state index contributed by atoms with van der Waals surface area (Å²) in [6, 6.07) is 0. The zero-order chi connectivity index (χ0) is 11.3. The summed E-state index contributed by atoms with van der Waals surface area (Å²) in [4.78, 5) is 0. The minimum absolute atomic E-state index is 0.224. The molecule has 0 amide bonds. The second-order valence-corrected chi connectivity index (χ2v) is 5.29. The van der Waals surface area contributed by atoms with Crippen LogP contribution in [-0.4, -0.2) is 32.5 Å². The van der Waals surface area contributed by atoms with Crippen LogP contribution in [0.5, 0.6) is 0 Å². The number of hydrogen-bond acceptors (Lipinski definition) is 5. The van der Waals surface area contributed by atoms with Gasteiger partial charge in [-0.15, -0.1) is 10.2 Å². The molecule has 0 bridgehead atoms. The Kier molecular flexibility index (Phi) is 4.90. The van der Waals surface area contributed by atoms with Crippen LogP contribution in [-0.2, 0) is 17.3 Å². The van der Waals surface area contributed by atoms with Crippen molar-refractivity contribution in [1.29, 1.82) is 0 Å². The van der Waals surface area contributed by atoms with Crippen LogP contribution < -0.4 is 5.32 Å². The van der Waals surface area contributed by atoms with Crippen LogP contribution in [0.25, 0.3) is 0 Å². The number of nitrogens with zero attached hydrogens (tertiary/aromatic N) is 2. The summed E-state index contributed by atoms with van der Waals surface area (Å²) >= 11 is 0. The van der Waals surface area contributed by atoms with Crippen molar-refractivity contribution in [2.75, 3.05) is 12.8 Å². The van der Waals surface area contributed by atoms with Crippen molar-refractivity contribution in [3.63, 3.8) is 0 Å². The van der Waals surface area contributed by atoms with E-state index in [1.54, 1.807) is 13.2 Å². The molecule has 86 valence electrons. The largest absolute Gasteiger partial charge is 0.424 e. The Morgan fingerprint density at radius 3 is 2.80 bits per heavy atom. The van der Waals surface area contributed by atoms with Crippen LogP contribution in [0.15, 0.2) is 4.42 Å². The molecule has 0 fully saturated rings. The highest BCUT2D eigenvalue weighted by Gasteiger charge is 2.06. The van der Waals surface area contributed by atoms with Gasteiger partial charge < -0.3 is 9.73 Å². The molecular formula is C9H17N3O2S. The lowest BCUT2D eigenvalue weighted by Gasteiger charge is -2.07. The van der Waals surface area contributed by atoms with Crippen LogP contribution in [0.4, 0.5) is 0 Å². The first-order valence-corrected chi connectivity index (χ1v) is 6.53. The SMILES string of the molecule is Cc1nnc(CNCCC(C)S(C)=O)o1. The quantitative estimate of drug-likeness (QED) is 0.727. The van der Waals surface area contributed by atoms with Gasteiger partial charge in [-0.1, -0.05) is 6.92 Å². The van der Waals surface area contributed by atoms with Crippen molar-refractivity contribution in [1.82, 2.24) is 15.5 Å². The molecule has 0 saturated heterocycles. The highest BCUT2D eigenvalue weighted by atomic mass is 32.2. The Morgan fingerprint density at radius 2 is 2.27 bits per heavy atom. The van der Waals surface area contributed by atoms with Gasteiger partial charge in [0, 0.05) is 29.2 Å². The van der Waals surface area contributed by atoms with Crippen LogP contribution in [0, 0.1) is 6.92 Å². The molecule has 0 aliphatic rings. The first kappa shape index (κ1) is 12.3. The number of hydrogen-bond donors (Lipinski definition) is 1. The summed E-state index contributed by atoms with van der Waals surface area (Å²) in [6.07, 6.45) is 2.61. The molecule has 0 spiro atoms. The summed E-state index contributed by atoms with van der Waals surface area (Å²) < 4.78 is 16.2. The molecule has 1 heterocycles. The summed E-state index contributed by atoms with van der Waals surface area (Å²) in [5, 5.41) is 11.0. The number of nitrogens with one attached hydrogen (secondary N) is 1. The third-order valence-electron chi connectivity index (χ3n) is 2.14. The first-order valence-electron chi connectivity index (χ1n) is 4.91. The minimum atomic E-state index is -0.746. The number of rotatable bonds is 6. The van der Waals surface area contributed by atoms with Gasteiger partial charge in [0.1, 0.15) is 0 Å². The van der Waals surface area contributed by atoms with Gasteiger partial charge in [-0.2, -0.15) is 0 Å². The van der Waals surface area contributed by atoms with Crippen LogP contribution in [0.2, 0.25) is 0 Å². The Labute approximate surface area is 92.1 Å². The lowest BCUT2D eigenvalue weighted by molar-refractivity contribution is 0.445. The van der Waals surface area contributed by atoms with Gasteiger partial charge in [0.2, 0.25) is 11.8 Å². The number of aromatic nitrogens is 2. The van der Waals surface area contributed by atoms with E-state index in [2.05, 4.69) is 15.5 Å². The van der Waals surface area contributed by atoms with Gasteiger partial charge in [0.05, 0.1) is 6.54 Å². The second kappa shape index (κ2) is 5.97. The molecule has 0 saturated carbocycles. The number of aryl methyl sites for hydroxylation is 1. The molecule has 6 heteroatoms. The molecule has 2 atom stereocenters. The Bertz CT molecular complexity index is 327. The van der Waals surface area contributed by atoms with Crippen molar-refractivity contribution in [3.8, 4) is 0 Å². The molecule has 2 unspecified atom stereocenters. The van der Waals surface area contributed by atoms with E-state index in [0.29, 0.717) is 18.3 Å². The fourth-order valence-electron chi connectivity index (χ4n) is 1.08. The van der Waals surface area contributed by atoms with Gasteiger partial charge in [-0.25, -0.2) is 0 Å². The lowest BCUT2D eigenvalue weighted by atomic mass is 10.3. The third kappa shape index (κ3) is 4.53. The van der Waals surface area contributed by atoms with E-state index in [4.69, 9.17) is 4.42 Å². The molecule has 1 N–H and O–H groups in total. The second-order valence-electron chi connectivity index (χ2n) is 3.49. The Morgan fingerprint density at radius 1 is 1.53 bits per heavy atom. The molecule has 1 rings (SSSR count). The van der Waals surface area contributed by atoms with Crippen molar-refractivity contribution < 1.29 is 8.63 Å². The summed E-state index contributed by atoms with van der Waals surface area (Å²) in [5.41, 5.74) is 0. The van der Waals surface area contributed by atoms with Crippen molar-refractivity contribution in [3.05, 3.63) is 11.8 Å². The highest BCUT2D eigenvalue weighted by molar-refractivity contribution is 7.84. The van der Waals surface area contributed by atoms with Crippen molar-refractivity contribution >= 4 is 10.8 Å². The summed E-state index contributed by atoms with van der Waals surface area (Å²) in [7, 11) is -0.746.